The van der Waals surface area contributed by atoms with Crippen LogP contribution < -0.4 is 14.8 Å². The van der Waals surface area contributed by atoms with Gasteiger partial charge in [-0.15, -0.1) is 0 Å². The van der Waals surface area contributed by atoms with Gasteiger partial charge in [-0.2, -0.15) is 0 Å². The van der Waals surface area contributed by atoms with Gasteiger partial charge in [0.05, 0.1) is 12.0 Å². The van der Waals surface area contributed by atoms with Crippen molar-refractivity contribution in [2.24, 2.45) is 0 Å². The average Bonchev–Trinajstić information content (AvgIpc) is 2.77. The first kappa shape index (κ1) is 25.2. The summed E-state index contributed by atoms with van der Waals surface area (Å²) in [5.41, 5.74) is 0.389. The van der Waals surface area contributed by atoms with Crippen LogP contribution in [0.3, 0.4) is 0 Å². The number of nitro benzene ring substituents is 1. The summed E-state index contributed by atoms with van der Waals surface area (Å²) in [6, 6.07) is 8.04. The second kappa shape index (κ2) is 11.5. The summed E-state index contributed by atoms with van der Waals surface area (Å²) in [5.74, 6) is -0.591. The van der Waals surface area contributed by atoms with Gasteiger partial charge in [0.15, 0.2) is 6.61 Å². The van der Waals surface area contributed by atoms with Crippen LogP contribution in [0.25, 0.3) is 0 Å². The van der Waals surface area contributed by atoms with E-state index in [1.165, 1.54) is 37.3 Å². The molecule has 0 saturated heterocycles. The highest BCUT2D eigenvalue weighted by molar-refractivity contribution is 6.35. The van der Waals surface area contributed by atoms with Crippen LogP contribution in [-0.4, -0.2) is 48.4 Å². The predicted octanol–water partition coefficient (Wildman–Crippen LogP) is 3.84. The van der Waals surface area contributed by atoms with Crippen LogP contribution in [0.5, 0.6) is 11.5 Å². The molecule has 1 N–H and O–H groups in total. The zero-order valence-corrected chi connectivity index (χ0v) is 19.3. The second-order valence-electron chi connectivity index (χ2n) is 6.68. The molecule has 0 saturated carbocycles. The van der Waals surface area contributed by atoms with Crippen LogP contribution >= 0.6 is 23.2 Å². The molecule has 32 heavy (non-hydrogen) atoms. The summed E-state index contributed by atoms with van der Waals surface area (Å²) in [4.78, 5) is 37.3. The third-order valence-corrected chi connectivity index (χ3v) is 5.29. The van der Waals surface area contributed by atoms with Crippen molar-refractivity contribution in [3.8, 4) is 11.5 Å². The minimum atomic E-state index is -0.755. The van der Waals surface area contributed by atoms with Crippen LogP contribution in [0.15, 0.2) is 36.4 Å². The smallest absolute Gasteiger partial charge is 0.311 e. The number of halogens is 2. The first-order valence-electron chi connectivity index (χ1n) is 9.62. The molecule has 0 aliphatic rings. The number of nitrogens with zero attached hydrogens (tertiary/aromatic N) is 2. The van der Waals surface area contributed by atoms with Crippen molar-refractivity contribution >= 4 is 40.7 Å². The van der Waals surface area contributed by atoms with Crippen molar-refractivity contribution in [2.75, 3.05) is 20.8 Å². The van der Waals surface area contributed by atoms with E-state index >= 15 is 0 Å². The third-order valence-electron chi connectivity index (χ3n) is 4.70. The van der Waals surface area contributed by atoms with Gasteiger partial charge in [-0.05, 0) is 30.2 Å². The lowest BCUT2D eigenvalue weighted by atomic mass is 10.1. The van der Waals surface area contributed by atoms with Gasteiger partial charge in [0.1, 0.15) is 11.8 Å². The van der Waals surface area contributed by atoms with Crippen LogP contribution in [0, 0.1) is 10.1 Å². The van der Waals surface area contributed by atoms with E-state index < -0.39 is 23.5 Å². The van der Waals surface area contributed by atoms with Crippen molar-refractivity contribution in [3.05, 3.63) is 62.1 Å². The summed E-state index contributed by atoms with van der Waals surface area (Å²) in [7, 11) is 2.78. The van der Waals surface area contributed by atoms with Crippen molar-refractivity contribution in [3.63, 3.8) is 0 Å². The van der Waals surface area contributed by atoms with E-state index in [0.29, 0.717) is 22.0 Å². The highest BCUT2D eigenvalue weighted by Gasteiger charge is 2.29. The SMILES string of the molecule is CCC(C(=O)NC)N(Cc1ccc(Cl)cc1Cl)C(=O)COc1ccc([N+](=O)[O-])c(OC)c1. The number of nitrogens with one attached hydrogen (secondary N) is 1. The van der Waals surface area contributed by atoms with Gasteiger partial charge in [-0.1, -0.05) is 36.2 Å². The molecule has 11 heteroatoms. The maximum absolute atomic E-state index is 13.1. The molecule has 0 bridgehead atoms. The van der Waals surface area contributed by atoms with E-state index in [2.05, 4.69) is 5.32 Å². The zero-order chi connectivity index (χ0) is 23.8. The predicted molar refractivity (Wildman–Crippen MR) is 120 cm³/mol. The van der Waals surface area contributed by atoms with Crippen LogP contribution in [-0.2, 0) is 16.1 Å². The number of hydrogen-bond acceptors (Lipinski definition) is 6. The van der Waals surface area contributed by atoms with Crippen molar-refractivity contribution < 1.29 is 24.0 Å². The fourth-order valence-corrected chi connectivity index (χ4v) is 3.51. The number of likely N-dealkylation sites (N-methyl/N-ethyl adjacent to an activating group) is 1. The maximum atomic E-state index is 13.1. The van der Waals surface area contributed by atoms with E-state index in [1.807, 2.05) is 0 Å². The number of hydrogen-bond donors (Lipinski definition) is 1. The number of methoxy groups -OCH3 is 1. The molecule has 0 aliphatic heterocycles. The molecule has 0 heterocycles. The van der Waals surface area contributed by atoms with Crippen LogP contribution in [0.4, 0.5) is 5.69 Å². The van der Waals surface area contributed by atoms with Crippen LogP contribution in [0.1, 0.15) is 18.9 Å². The first-order valence-corrected chi connectivity index (χ1v) is 10.4. The average molecular weight is 484 g/mol. The molecular weight excluding hydrogens is 461 g/mol. The molecule has 172 valence electrons. The highest BCUT2D eigenvalue weighted by Crippen LogP contribution is 2.31. The van der Waals surface area contributed by atoms with Crippen molar-refractivity contribution in [1.82, 2.24) is 10.2 Å². The van der Waals surface area contributed by atoms with Gasteiger partial charge in [0, 0.05) is 35.8 Å². The Bertz CT molecular complexity index is 1000. The number of ether oxygens (including phenoxy) is 2. The Morgan fingerprint density at radius 3 is 2.50 bits per heavy atom. The fraction of sp³-hybridized carbons (Fsp3) is 0.333. The molecule has 2 rings (SSSR count). The molecule has 0 spiro atoms. The maximum Gasteiger partial charge on any atom is 0.311 e. The number of nitro groups is 1. The van der Waals surface area contributed by atoms with Crippen molar-refractivity contribution in [2.45, 2.75) is 25.9 Å². The molecule has 2 amide bonds. The molecule has 0 aromatic heterocycles. The van der Waals surface area contributed by atoms with Crippen LogP contribution in [0.2, 0.25) is 10.0 Å². The quantitative estimate of drug-likeness (QED) is 0.405. The molecule has 2 aromatic carbocycles. The Morgan fingerprint density at radius 2 is 1.94 bits per heavy atom. The molecular formula is C21H23Cl2N3O6. The third kappa shape index (κ3) is 6.24. The van der Waals surface area contributed by atoms with Gasteiger partial charge in [-0.25, -0.2) is 0 Å². The number of carbonyl (C=O) groups is 2. The number of rotatable bonds is 10. The van der Waals surface area contributed by atoms with Gasteiger partial charge in [-0.3, -0.25) is 19.7 Å². The van der Waals surface area contributed by atoms with Gasteiger partial charge in [0.25, 0.3) is 5.91 Å². The number of benzene rings is 2. The summed E-state index contributed by atoms with van der Waals surface area (Å²) in [6.45, 7) is 1.44. The molecule has 1 atom stereocenters. The minimum Gasteiger partial charge on any atom is -0.490 e. The monoisotopic (exact) mass is 483 g/mol. The molecule has 1 unspecified atom stereocenters. The Morgan fingerprint density at radius 1 is 1.22 bits per heavy atom. The van der Waals surface area contributed by atoms with E-state index in [9.17, 15) is 19.7 Å². The molecule has 2 aromatic rings. The largest absolute Gasteiger partial charge is 0.490 e. The van der Waals surface area contributed by atoms with Gasteiger partial charge in [0.2, 0.25) is 11.7 Å². The molecule has 0 fully saturated rings. The Kier molecular flexibility index (Phi) is 9.10. The zero-order valence-electron chi connectivity index (χ0n) is 17.8. The fourth-order valence-electron chi connectivity index (χ4n) is 3.05. The lowest BCUT2D eigenvalue weighted by molar-refractivity contribution is -0.385. The Balaban J connectivity index is 2.25. The van der Waals surface area contributed by atoms with E-state index in [-0.39, 0.29) is 29.6 Å². The normalized spacial score (nSPS) is 11.4. The van der Waals surface area contributed by atoms with Gasteiger partial charge >= 0.3 is 5.69 Å². The summed E-state index contributed by atoms with van der Waals surface area (Å²) in [5, 5.41) is 14.4. The lowest BCUT2D eigenvalue weighted by Gasteiger charge is -2.30. The van der Waals surface area contributed by atoms with E-state index in [0.717, 1.165) is 0 Å². The number of amides is 2. The lowest BCUT2D eigenvalue weighted by Crippen LogP contribution is -2.49. The summed E-state index contributed by atoms with van der Waals surface area (Å²) < 4.78 is 10.6. The topological polar surface area (TPSA) is 111 Å². The number of carbonyl (C=O) groups excluding carboxylic acids is 2. The molecule has 0 radical (unpaired) electrons. The standard InChI is InChI=1S/C21H23Cl2N3O6/c1-4-17(21(28)24-2)25(11-13-5-6-14(22)9-16(13)23)20(27)12-32-15-7-8-18(26(29)30)19(10-15)31-3/h5-10,17H,4,11-12H2,1-3H3,(H,24,28). The van der Waals surface area contributed by atoms with E-state index in [4.69, 9.17) is 32.7 Å². The minimum absolute atomic E-state index is 0.00143. The molecule has 0 aliphatic carbocycles. The Hall–Kier alpha value is -3.04. The first-order chi connectivity index (χ1) is 15.2. The summed E-state index contributed by atoms with van der Waals surface area (Å²) >= 11 is 12.2. The van der Waals surface area contributed by atoms with Crippen molar-refractivity contribution in [1.29, 1.82) is 0 Å². The second-order valence-corrected chi connectivity index (χ2v) is 7.52. The Labute approximate surface area is 195 Å². The van der Waals surface area contributed by atoms with Gasteiger partial charge < -0.3 is 19.7 Å². The van der Waals surface area contributed by atoms with E-state index in [1.54, 1.807) is 25.1 Å². The highest BCUT2D eigenvalue weighted by atomic mass is 35.5. The summed E-state index contributed by atoms with van der Waals surface area (Å²) in [6.07, 6.45) is 0.363. The molecule has 9 nitrogen and oxygen atoms in total.